The second-order valence-corrected chi connectivity index (χ2v) is 8.36. The van der Waals surface area contributed by atoms with Crippen molar-refractivity contribution in [3.05, 3.63) is 0 Å². The van der Waals surface area contributed by atoms with E-state index < -0.39 is 42.0 Å². The molecule has 9 nitrogen and oxygen atoms in total. The van der Waals surface area contributed by atoms with E-state index in [1.807, 2.05) is 11.9 Å². The molecule has 8 unspecified atom stereocenters. The minimum absolute atomic E-state index is 0.108. The largest absolute Gasteiger partial charge is 0.396 e. The van der Waals surface area contributed by atoms with Crippen LogP contribution < -0.4 is 5.32 Å². The first kappa shape index (κ1) is 22.8. The van der Waals surface area contributed by atoms with Crippen LogP contribution in [0.25, 0.3) is 0 Å². The van der Waals surface area contributed by atoms with E-state index in [1.165, 1.54) is 7.11 Å². The van der Waals surface area contributed by atoms with Gasteiger partial charge in [0.1, 0.15) is 29.9 Å². The number of thioether (sulfide) groups is 1. The van der Waals surface area contributed by atoms with Crippen molar-refractivity contribution in [2.45, 2.75) is 67.8 Å². The van der Waals surface area contributed by atoms with Crippen LogP contribution in [-0.2, 0) is 14.3 Å². The summed E-state index contributed by atoms with van der Waals surface area (Å²) in [5.74, 6) is 0.126. The van der Waals surface area contributed by atoms with E-state index in [2.05, 4.69) is 5.32 Å². The number of likely N-dealkylation sites (tertiary alicyclic amines) is 1. The van der Waals surface area contributed by atoms with Gasteiger partial charge >= 0.3 is 0 Å². The summed E-state index contributed by atoms with van der Waals surface area (Å²) in [5.41, 5.74) is -0.835. The Bertz CT molecular complexity index is 486. The topological polar surface area (TPSA) is 132 Å². The SMILES string of the molecule is COC(C)C(NC(=O)C1CCCN1C)C1OC(SCCO)C(O)C(O)C1O. The zero-order chi connectivity index (χ0) is 20.1. The van der Waals surface area contributed by atoms with E-state index >= 15 is 0 Å². The highest BCUT2D eigenvalue weighted by molar-refractivity contribution is 7.99. The van der Waals surface area contributed by atoms with E-state index in [1.54, 1.807) is 6.92 Å². The number of carbonyl (C=O) groups excluding carboxylic acids is 1. The lowest BCUT2D eigenvalue weighted by molar-refractivity contribution is -0.212. The molecule has 8 atom stereocenters. The molecule has 1 amide bonds. The highest BCUT2D eigenvalue weighted by Crippen LogP contribution is 2.31. The third-order valence-corrected chi connectivity index (χ3v) is 6.48. The lowest BCUT2D eigenvalue weighted by Gasteiger charge is -2.44. The number of hydrogen-bond acceptors (Lipinski definition) is 9. The molecule has 0 saturated carbocycles. The Kier molecular flexibility index (Phi) is 8.75. The first-order chi connectivity index (χ1) is 12.8. The maximum atomic E-state index is 12.7. The molecule has 2 rings (SSSR count). The number of aliphatic hydroxyl groups is 4. The first-order valence-corrected chi connectivity index (χ1v) is 10.3. The Labute approximate surface area is 164 Å². The molecule has 2 aliphatic heterocycles. The van der Waals surface area contributed by atoms with Crippen LogP contribution in [0.2, 0.25) is 0 Å². The van der Waals surface area contributed by atoms with Crippen LogP contribution in [0.4, 0.5) is 0 Å². The summed E-state index contributed by atoms with van der Waals surface area (Å²) in [5, 5.41) is 42.8. The van der Waals surface area contributed by atoms with Crippen LogP contribution >= 0.6 is 11.8 Å². The fourth-order valence-corrected chi connectivity index (χ4v) is 4.49. The third-order valence-electron chi connectivity index (χ3n) is 5.34. The zero-order valence-corrected chi connectivity index (χ0v) is 16.8. The lowest BCUT2D eigenvalue weighted by atomic mass is 9.92. The summed E-state index contributed by atoms with van der Waals surface area (Å²) < 4.78 is 11.2. The van der Waals surface area contributed by atoms with Crippen LogP contribution in [0.1, 0.15) is 19.8 Å². The van der Waals surface area contributed by atoms with Crippen molar-refractivity contribution >= 4 is 17.7 Å². The first-order valence-electron chi connectivity index (χ1n) is 9.27. The quantitative estimate of drug-likeness (QED) is 0.313. The van der Waals surface area contributed by atoms with Gasteiger partial charge in [-0.1, -0.05) is 0 Å². The van der Waals surface area contributed by atoms with Crippen molar-refractivity contribution in [3.63, 3.8) is 0 Å². The molecular weight excluding hydrogens is 376 g/mol. The fourth-order valence-electron chi connectivity index (χ4n) is 3.59. The lowest BCUT2D eigenvalue weighted by Crippen LogP contribution is -2.66. The Morgan fingerprint density at radius 3 is 2.59 bits per heavy atom. The van der Waals surface area contributed by atoms with Gasteiger partial charge in [0, 0.05) is 12.9 Å². The van der Waals surface area contributed by atoms with Gasteiger partial charge in [-0.3, -0.25) is 9.69 Å². The van der Waals surface area contributed by atoms with Crippen LogP contribution in [0.5, 0.6) is 0 Å². The molecule has 27 heavy (non-hydrogen) atoms. The number of likely N-dealkylation sites (N-methyl/N-ethyl adjacent to an activating group) is 1. The van der Waals surface area contributed by atoms with Gasteiger partial charge in [0.15, 0.2) is 0 Å². The van der Waals surface area contributed by atoms with Crippen LogP contribution in [-0.4, -0.2) is 112 Å². The predicted octanol–water partition coefficient (Wildman–Crippen LogP) is -1.87. The molecule has 2 heterocycles. The number of nitrogens with one attached hydrogen (secondary N) is 1. The number of hydrogen-bond donors (Lipinski definition) is 5. The van der Waals surface area contributed by atoms with Gasteiger partial charge in [0.05, 0.1) is 24.8 Å². The van der Waals surface area contributed by atoms with E-state index in [-0.39, 0.29) is 18.6 Å². The molecule has 0 aromatic carbocycles. The Balaban J connectivity index is 2.16. The third kappa shape index (κ3) is 5.33. The fraction of sp³-hybridized carbons (Fsp3) is 0.941. The number of methoxy groups -OCH3 is 1. The molecular formula is C17H32N2O7S. The van der Waals surface area contributed by atoms with Crippen molar-refractivity contribution in [2.24, 2.45) is 0 Å². The molecule has 2 saturated heterocycles. The summed E-state index contributed by atoms with van der Waals surface area (Å²) >= 11 is 1.14. The summed E-state index contributed by atoms with van der Waals surface area (Å²) in [4.78, 5) is 14.7. The molecule has 158 valence electrons. The number of aliphatic hydroxyl groups excluding tert-OH is 4. The summed E-state index contributed by atoms with van der Waals surface area (Å²) in [7, 11) is 3.38. The smallest absolute Gasteiger partial charge is 0.237 e. The highest BCUT2D eigenvalue weighted by atomic mass is 32.2. The minimum Gasteiger partial charge on any atom is -0.396 e. The van der Waals surface area contributed by atoms with Gasteiger partial charge in [-0.2, -0.15) is 0 Å². The van der Waals surface area contributed by atoms with Gasteiger partial charge < -0.3 is 35.2 Å². The Morgan fingerprint density at radius 2 is 2.04 bits per heavy atom. The average molecular weight is 409 g/mol. The van der Waals surface area contributed by atoms with Crippen molar-refractivity contribution < 1.29 is 34.7 Å². The van der Waals surface area contributed by atoms with E-state index in [9.17, 15) is 20.1 Å². The molecule has 5 N–H and O–H groups in total. The van der Waals surface area contributed by atoms with Crippen molar-refractivity contribution in [1.82, 2.24) is 10.2 Å². The maximum Gasteiger partial charge on any atom is 0.237 e. The molecule has 0 aliphatic carbocycles. The molecule has 2 fully saturated rings. The van der Waals surface area contributed by atoms with Crippen LogP contribution in [0, 0.1) is 0 Å². The molecule has 0 radical (unpaired) electrons. The number of rotatable bonds is 8. The van der Waals surface area contributed by atoms with Crippen molar-refractivity contribution in [2.75, 3.05) is 33.1 Å². The average Bonchev–Trinajstić information content (AvgIpc) is 3.09. The number of amides is 1. The monoisotopic (exact) mass is 408 g/mol. The van der Waals surface area contributed by atoms with Crippen molar-refractivity contribution in [3.8, 4) is 0 Å². The van der Waals surface area contributed by atoms with Gasteiger partial charge in [-0.25, -0.2) is 0 Å². The zero-order valence-electron chi connectivity index (χ0n) is 16.0. The summed E-state index contributed by atoms with van der Waals surface area (Å²) in [6, 6.07) is -0.974. The number of ether oxygens (including phenoxy) is 2. The molecule has 2 aliphatic rings. The Hall–Kier alpha value is -0.460. The van der Waals surface area contributed by atoms with Crippen LogP contribution in [0.3, 0.4) is 0 Å². The van der Waals surface area contributed by atoms with E-state index in [0.717, 1.165) is 31.1 Å². The summed E-state index contributed by atoms with van der Waals surface area (Å²) in [6.45, 7) is 2.48. The molecule has 0 aromatic heterocycles. The predicted molar refractivity (Wildman–Crippen MR) is 100 cm³/mol. The molecule has 0 bridgehead atoms. The Morgan fingerprint density at radius 1 is 1.33 bits per heavy atom. The number of nitrogens with zero attached hydrogens (tertiary/aromatic N) is 1. The summed E-state index contributed by atoms with van der Waals surface area (Å²) in [6.07, 6.45) is -3.90. The second-order valence-electron chi connectivity index (χ2n) is 7.15. The minimum atomic E-state index is -1.43. The standard InChI is InChI=1S/C17H32N2O7S/c1-9(25-3)11(18-16(24)10-5-4-6-19(10)2)15-13(22)12(21)14(23)17(26-15)27-8-7-20/h9-15,17,20-23H,4-8H2,1-3H3,(H,18,24). The normalized spacial score (nSPS) is 37.1. The molecule has 0 aromatic rings. The van der Waals surface area contributed by atoms with E-state index in [0.29, 0.717) is 5.75 Å². The number of carbonyl (C=O) groups is 1. The molecule has 0 spiro atoms. The van der Waals surface area contributed by atoms with Gasteiger partial charge in [-0.15, -0.1) is 11.8 Å². The van der Waals surface area contributed by atoms with Gasteiger partial charge in [0.25, 0.3) is 0 Å². The van der Waals surface area contributed by atoms with Crippen molar-refractivity contribution in [1.29, 1.82) is 0 Å². The maximum absolute atomic E-state index is 12.7. The van der Waals surface area contributed by atoms with E-state index in [4.69, 9.17) is 14.6 Å². The second kappa shape index (κ2) is 10.4. The van der Waals surface area contributed by atoms with Crippen LogP contribution in [0.15, 0.2) is 0 Å². The van der Waals surface area contributed by atoms with Gasteiger partial charge in [-0.05, 0) is 33.4 Å². The highest BCUT2D eigenvalue weighted by Gasteiger charge is 2.48. The van der Waals surface area contributed by atoms with Gasteiger partial charge in [0.2, 0.25) is 5.91 Å². The molecule has 10 heteroatoms.